The number of hydrogen-bond donors (Lipinski definition) is 2. The van der Waals surface area contributed by atoms with Gasteiger partial charge in [0.25, 0.3) is 0 Å². The highest BCUT2D eigenvalue weighted by molar-refractivity contribution is 5.82. The van der Waals surface area contributed by atoms with Crippen molar-refractivity contribution in [2.45, 2.75) is 39.2 Å². The molecular weight excluding hydrogens is 208 g/mol. The van der Waals surface area contributed by atoms with E-state index in [1.807, 2.05) is 6.92 Å². The number of amides is 2. The van der Waals surface area contributed by atoms with Crippen molar-refractivity contribution in [1.29, 1.82) is 0 Å². The summed E-state index contributed by atoms with van der Waals surface area (Å²) in [5.41, 5.74) is 0. The van der Waals surface area contributed by atoms with Crippen molar-refractivity contribution in [3.8, 4) is 0 Å². The van der Waals surface area contributed by atoms with E-state index in [0.29, 0.717) is 12.5 Å². The third kappa shape index (κ3) is 4.08. The van der Waals surface area contributed by atoms with Gasteiger partial charge in [-0.2, -0.15) is 0 Å². The maximum Gasteiger partial charge on any atom is 0.325 e. The third-order valence-corrected chi connectivity index (χ3v) is 2.67. The molecule has 5 nitrogen and oxygen atoms in total. The van der Waals surface area contributed by atoms with Gasteiger partial charge in [0.1, 0.15) is 6.04 Å². The monoisotopic (exact) mass is 228 g/mol. The van der Waals surface area contributed by atoms with Gasteiger partial charge in [0.15, 0.2) is 0 Å². The molecule has 2 N–H and O–H groups in total. The van der Waals surface area contributed by atoms with E-state index in [1.54, 1.807) is 4.90 Å². The van der Waals surface area contributed by atoms with Crippen molar-refractivity contribution in [2.24, 2.45) is 5.92 Å². The Hall–Kier alpha value is -1.26. The lowest BCUT2D eigenvalue weighted by molar-refractivity contribution is -0.138. The first-order valence-corrected chi connectivity index (χ1v) is 5.82. The number of carboxylic acids is 1. The number of carboxylic acid groups (broad SMARTS) is 1. The Morgan fingerprint density at radius 3 is 2.56 bits per heavy atom. The van der Waals surface area contributed by atoms with Crippen LogP contribution in [0.2, 0.25) is 0 Å². The molecule has 1 fully saturated rings. The molecule has 92 valence electrons. The van der Waals surface area contributed by atoms with Crippen LogP contribution in [0.5, 0.6) is 0 Å². The summed E-state index contributed by atoms with van der Waals surface area (Å²) >= 11 is 0. The summed E-state index contributed by atoms with van der Waals surface area (Å²) in [4.78, 5) is 24.1. The van der Waals surface area contributed by atoms with E-state index in [2.05, 4.69) is 5.32 Å². The molecule has 0 aromatic carbocycles. The highest BCUT2D eigenvalue weighted by atomic mass is 16.4. The van der Waals surface area contributed by atoms with Crippen LogP contribution in [-0.4, -0.2) is 41.1 Å². The van der Waals surface area contributed by atoms with Gasteiger partial charge in [-0.3, -0.25) is 4.79 Å². The van der Waals surface area contributed by atoms with Crippen LogP contribution in [0.25, 0.3) is 0 Å². The van der Waals surface area contributed by atoms with Crippen molar-refractivity contribution in [3.05, 3.63) is 0 Å². The van der Waals surface area contributed by atoms with E-state index in [9.17, 15) is 9.59 Å². The van der Waals surface area contributed by atoms with Crippen LogP contribution in [-0.2, 0) is 4.79 Å². The second-order valence-electron chi connectivity index (χ2n) is 4.40. The van der Waals surface area contributed by atoms with Crippen LogP contribution in [0.15, 0.2) is 0 Å². The summed E-state index contributed by atoms with van der Waals surface area (Å²) < 4.78 is 0. The van der Waals surface area contributed by atoms with Gasteiger partial charge in [0, 0.05) is 13.1 Å². The lowest BCUT2D eigenvalue weighted by Gasteiger charge is -2.23. The molecule has 0 radical (unpaired) electrons. The van der Waals surface area contributed by atoms with E-state index in [0.717, 1.165) is 13.0 Å². The predicted octanol–water partition coefficient (Wildman–Crippen LogP) is 1.29. The topological polar surface area (TPSA) is 69.6 Å². The summed E-state index contributed by atoms with van der Waals surface area (Å²) in [5.74, 6) is -0.381. The van der Waals surface area contributed by atoms with Crippen molar-refractivity contribution >= 4 is 12.0 Å². The minimum atomic E-state index is -1.00. The first-order valence-electron chi connectivity index (χ1n) is 5.82. The van der Waals surface area contributed by atoms with Gasteiger partial charge in [-0.15, -0.1) is 0 Å². The van der Waals surface area contributed by atoms with Crippen LogP contribution in [0.1, 0.15) is 33.1 Å². The second kappa shape index (κ2) is 5.72. The zero-order chi connectivity index (χ0) is 12.1. The fourth-order valence-corrected chi connectivity index (χ4v) is 1.50. The van der Waals surface area contributed by atoms with Gasteiger partial charge in [0.2, 0.25) is 0 Å². The SMILES string of the molecule is CCCN(CC1CC1)C(=O)N[C@@H](C)C(=O)O. The standard InChI is InChI=1S/C11H20N2O3/c1-3-6-13(7-9-4-5-9)11(16)12-8(2)10(14)15/h8-9H,3-7H2,1-2H3,(H,12,16)(H,14,15)/t8-/m0/s1. The Balaban J connectivity index is 2.41. The molecule has 0 unspecified atom stereocenters. The smallest absolute Gasteiger partial charge is 0.325 e. The lowest BCUT2D eigenvalue weighted by Crippen LogP contribution is -2.47. The molecule has 0 saturated heterocycles. The number of hydrogen-bond acceptors (Lipinski definition) is 2. The van der Waals surface area contributed by atoms with Gasteiger partial charge < -0.3 is 15.3 Å². The minimum Gasteiger partial charge on any atom is -0.480 e. The second-order valence-corrected chi connectivity index (χ2v) is 4.40. The fourth-order valence-electron chi connectivity index (χ4n) is 1.50. The van der Waals surface area contributed by atoms with Gasteiger partial charge in [-0.25, -0.2) is 4.79 Å². The summed E-state index contributed by atoms with van der Waals surface area (Å²) in [5, 5.41) is 11.2. The maximum absolute atomic E-state index is 11.8. The maximum atomic E-state index is 11.8. The van der Waals surface area contributed by atoms with Gasteiger partial charge in [-0.1, -0.05) is 6.92 Å². The van der Waals surface area contributed by atoms with Crippen LogP contribution < -0.4 is 5.32 Å². The average Bonchev–Trinajstić information content (AvgIpc) is 3.00. The number of carbonyl (C=O) groups excluding carboxylic acids is 1. The highest BCUT2D eigenvalue weighted by Gasteiger charge is 2.27. The number of carbonyl (C=O) groups is 2. The Labute approximate surface area is 95.8 Å². The van der Waals surface area contributed by atoms with E-state index in [4.69, 9.17) is 5.11 Å². The van der Waals surface area contributed by atoms with Crippen LogP contribution in [0.3, 0.4) is 0 Å². The normalized spacial score (nSPS) is 16.6. The minimum absolute atomic E-state index is 0.261. The number of rotatable bonds is 6. The van der Waals surface area contributed by atoms with Crippen molar-refractivity contribution in [2.75, 3.05) is 13.1 Å². The summed E-state index contributed by atoms with van der Waals surface area (Å²) in [6.45, 7) is 4.93. The summed E-state index contributed by atoms with van der Waals surface area (Å²) in [6.07, 6.45) is 3.26. The first kappa shape index (κ1) is 12.8. The molecule has 2 amide bonds. The molecule has 5 heteroatoms. The molecular formula is C11H20N2O3. The highest BCUT2D eigenvalue weighted by Crippen LogP contribution is 2.29. The zero-order valence-electron chi connectivity index (χ0n) is 9.90. The molecule has 1 aliphatic carbocycles. The van der Waals surface area contributed by atoms with Crippen LogP contribution >= 0.6 is 0 Å². The average molecular weight is 228 g/mol. The third-order valence-electron chi connectivity index (χ3n) is 2.67. The molecule has 0 aliphatic heterocycles. The van der Waals surface area contributed by atoms with E-state index in [1.165, 1.54) is 19.8 Å². The Bertz CT molecular complexity index is 264. The largest absolute Gasteiger partial charge is 0.480 e. The molecule has 0 spiro atoms. The van der Waals surface area contributed by atoms with Gasteiger partial charge >= 0.3 is 12.0 Å². The molecule has 1 rings (SSSR count). The molecule has 0 heterocycles. The molecule has 1 aliphatic rings. The molecule has 1 saturated carbocycles. The Morgan fingerprint density at radius 1 is 1.50 bits per heavy atom. The van der Waals surface area contributed by atoms with Crippen LogP contribution in [0.4, 0.5) is 4.79 Å². The molecule has 0 aromatic heterocycles. The van der Waals surface area contributed by atoms with E-state index >= 15 is 0 Å². The number of nitrogens with one attached hydrogen (secondary N) is 1. The quantitative estimate of drug-likeness (QED) is 0.719. The lowest BCUT2D eigenvalue weighted by atomic mass is 10.3. The predicted molar refractivity (Wildman–Crippen MR) is 60.2 cm³/mol. The number of aliphatic carboxylic acids is 1. The van der Waals surface area contributed by atoms with Crippen molar-refractivity contribution in [3.63, 3.8) is 0 Å². The summed E-state index contributed by atoms with van der Waals surface area (Å²) in [7, 11) is 0. The van der Waals surface area contributed by atoms with Crippen molar-refractivity contribution < 1.29 is 14.7 Å². The van der Waals surface area contributed by atoms with Crippen LogP contribution in [0, 0.1) is 5.92 Å². The zero-order valence-corrected chi connectivity index (χ0v) is 9.90. The summed E-state index contributed by atoms with van der Waals surface area (Å²) in [6, 6.07) is -1.09. The first-order chi connectivity index (χ1) is 7.54. The Morgan fingerprint density at radius 2 is 2.12 bits per heavy atom. The van der Waals surface area contributed by atoms with Gasteiger partial charge in [-0.05, 0) is 32.1 Å². The van der Waals surface area contributed by atoms with Crippen molar-refractivity contribution in [1.82, 2.24) is 10.2 Å². The Kier molecular flexibility index (Phi) is 4.58. The van der Waals surface area contributed by atoms with E-state index in [-0.39, 0.29) is 6.03 Å². The fraction of sp³-hybridized carbons (Fsp3) is 0.818. The molecule has 16 heavy (non-hydrogen) atoms. The van der Waals surface area contributed by atoms with Gasteiger partial charge in [0.05, 0.1) is 0 Å². The molecule has 0 bridgehead atoms. The molecule has 0 aromatic rings. The number of urea groups is 1. The molecule has 1 atom stereocenters. The number of nitrogens with zero attached hydrogens (tertiary/aromatic N) is 1. The van der Waals surface area contributed by atoms with E-state index < -0.39 is 12.0 Å².